The fraction of sp³-hybridized carbons (Fsp3) is 0.200. The number of halogens is 2. The highest BCUT2D eigenvalue weighted by Crippen LogP contribution is 2.22. The minimum absolute atomic E-state index is 0.180. The average Bonchev–Trinajstić information content (AvgIpc) is 2.44. The van der Waals surface area contributed by atoms with Gasteiger partial charge in [0.25, 0.3) is 5.91 Å². The predicted molar refractivity (Wildman–Crippen MR) is 85.2 cm³/mol. The first-order chi connectivity index (χ1) is 10.0. The van der Waals surface area contributed by atoms with E-state index in [1.807, 2.05) is 26.0 Å². The lowest BCUT2D eigenvalue weighted by Crippen LogP contribution is -2.16. The number of amides is 1. The third-order valence-electron chi connectivity index (χ3n) is 2.88. The number of rotatable bonds is 4. The maximum absolute atomic E-state index is 13.3. The van der Waals surface area contributed by atoms with E-state index in [-0.39, 0.29) is 5.56 Å². The van der Waals surface area contributed by atoms with Crippen molar-refractivity contribution < 1.29 is 9.18 Å². The maximum Gasteiger partial charge on any atom is 0.259 e. The number of aromatic nitrogens is 1. The van der Waals surface area contributed by atoms with Crippen LogP contribution in [0.1, 0.15) is 22.8 Å². The van der Waals surface area contributed by atoms with E-state index >= 15 is 0 Å². The Balaban J connectivity index is 2.29. The zero-order valence-electron chi connectivity index (χ0n) is 11.7. The van der Waals surface area contributed by atoms with Gasteiger partial charge in [0.1, 0.15) is 11.6 Å². The topological polar surface area (TPSA) is 54.0 Å². The van der Waals surface area contributed by atoms with Gasteiger partial charge < -0.3 is 10.6 Å². The van der Waals surface area contributed by atoms with Crippen molar-refractivity contribution in [3.63, 3.8) is 0 Å². The molecule has 0 bridgehead atoms. The van der Waals surface area contributed by atoms with Crippen LogP contribution in [0.15, 0.2) is 34.9 Å². The molecule has 110 valence electrons. The van der Waals surface area contributed by atoms with Gasteiger partial charge in [0.15, 0.2) is 0 Å². The van der Waals surface area contributed by atoms with Crippen LogP contribution in [-0.4, -0.2) is 17.4 Å². The van der Waals surface area contributed by atoms with Crippen LogP contribution < -0.4 is 10.6 Å². The van der Waals surface area contributed by atoms with Crippen LogP contribution in [0.5, 0.6) is 0 Å². The monoisotopic (exact) mass is 351 g/mol. The number of anilines is 2. The van der Waals surface area contributed by atoms with E-state index in [0.717, 1.165) is 16.2 Å². The molecule has 0 saturated carbocycles. The second-order valence-corrected chi connectivity index (χ2v) is 5.41. The number of aryl methyl sites for hydroxylation is 1. The van der Waals surface area contributed by atoms with Crippen LogP contribution in [0.25, 0.3) is 0 Å². The van der Waals surface area contributed by atoms with Crippen LogP contribution in [-0.2, 0) is 0 Å². The van der Waals surface area contributed by atoms with Crippen molar-refractivity contribution in [3.8, 4) is 0 Å². The Morgan fingerprint density at radius 1 is 1.38 bits per heavy atom. The number of pyridine rings is 1. The van der Waals surface area contributed by atoms with Crippen LogP contribution in [0.3, 0.4) is 0 Å². The molecular formula is C15H15BrFN3O. The van der Waals surface area contributed by atoms with Crippen LogP contribution in [0.2, 0.25) is 0 Å². The summed E-state index contributed by atoms with van der Waals surface area (Å²) in [6.45, 7) is 4.36. The Labute approximate surface area is 130 Å². The fourth-order valence-corrected chi connectivity index (χ4v) is 2.35. The molecule has 0 aliphatic rings. The summed E-state index contributed by atoms with van der Waals surface area (Å²) in [5, 5.41) is 5.72. The first-order valence-electron chi connectivity index (χ1n) is 6.48. The summed E-state index contributed by atoms with van der Waals surface area (Å²) in [6, 6.07) is 6.69. The molecule has 6 heteroatoms. The first kappa shape index (κ1) is 15.4. The minimum Gasteiger partial charge on any atom is -0.370 e. The highest BCUT2D eigenvalue weighted by Gasteiger charge is 2.14. The van der Waals surface area contributed by atoms with Gasteiger partial charge in [0.05, 0.1) is 11.8 Å². The molecule has 0 radical (unpaired) electrons. The molecular weight excluding hydrogens is 337 g/mol. The van der Waals surface area contributed by atoms with Crippen molar-refractivity contribution >= 4 is 33.3 Å². The van der Waals surface area contributed by atoms with E-state index in [0.29, 0.717) is 18.1 Å². The molecule has 21 heavy (non-hydrogen) atoms. The van der Waals surface area contributed by atoms with Crippen molar-refractivity contribution in [3.05, 3.63) is 51.9 Å². The molecule has 2 N–H and O–H groups in total. The van der Waals surface area contributed by atoms with Crippen molar-refractivity contribution in [2.75, 3.05) is 17.2 Å². The molecule has 0 aliphatic carbocycles. The molecule has 0 aliphatic heterocycles. The quantitative estimate of drug-likeness (QED) is 0.875. The van der Waals surface area contributed by atoms with E-state index in [1.165, 1.54) is 6.07 Å². The molecule has 0 spiro atoms. The van der Waals surface area contributed by atoms with E-state index in [1.54, 1.807) is 6.07 Å². The molecule has 1 heterocycles. The van der Waals surface area contributed by atoms with E-state index in [9.17, 15) is 9.18 Å². The zero-order valence-corrected chi connectivity index (χ0v) is 13.3. The summed E-state index contributed by atoms with van der Waals surface area (Å²) in [5.41, 5.74) is 1.76. The number of hydrogen-bond acceptors (Lipinski definition) is 3. The molecule has 2 rings (SSSR count). The van der Waals surface area contributed by atoms with Crippen molar-refractivity contribution in [1.82, 2.24) is 4.98 Å². The molecule has 1 aromatic heterocycles. The van der Waals surface area contributed by atoms with Crippen molar-refractivity contribution in [2.45, 2.75) is 13.8 Å². The Bertz CT molecular complexity index is 676. The number of benzene rings is 1. The molecule has 1 aromatic carbocycles. The lowest BCUT2D eigenvalue weighted by atomic mass is 10.1. The van der Waals surface area contributed by atoms with Gasteiger partial charge in [-0.3, -0.25) is 4.79 Å². The standard InChI is InChI=1S/C15H15BrFN3O/c1-3-18-14-12(7-11(17)8-19-14)15(21)20-13-5-4-10(16)6-9(13)2/h4-8H,3H2,1-2H3,(H,18,19)(H,20,21). The minimum atomic E-state index is -0.547. The average molecular weight is 352 g/mol. The molecule has 2 aromatic rings. The molecule has 0 unspecified atom stereocenters. The summed E-state index contributed by atoms with van der Waals surface area (Å²) in [7, 11) is 0. The maximum atomic E-state index is 13.3. The van der Waals surface area contributed by atoms with Crippen molar-refractivity contribution in [2.24, 2.45) is 0 Å². The Kier molecular flexibility index (Phi) is 4.90. The third-order valence-corrected chi connectivity index (χ3v) is 3.37. The molecule has 0 atom stereocenters. The van der Waals surface area contributed by atoms with Gasteiger partial charge in [-0.2, -0.15) is 0 Å². The smallest absolute Gasteiger partial charge is 0.259 e. The van der Waals surface area contributed by atoms with Crippen LogP contribution >= 0.6 is 15.9 Å². The molecule has 0 fully saturated rings. The summed E-state index contributed by atoms with van der Waals surface area (Å²) in [5.74, 6) is -0.580. The highest BCUT2D eigenvalue weighted by molar-refractivity contribution is 9.10. The predicted octanol–water partition coefficient (Wildman–Crippen LogP) is 3.98. The van der Waals surface area contributed by atoms with E-state index in [2.05, 4.69) is 31.5 Å². The number of nitrogens with one attached hydrogen (secondary N) is 2. The lowest BCUT2D eigenvalue weighted by Gasteiger charge is -2.12. The summed E-state index contributed by atoms with van der Waals surface area (Å²) in [6.07, 6.45) is 1.08. The molecule has 1 amide bonds. The van der Waals surface area contributed by atoms with Gasteiger partial charge in [-0.15, -0.1) is 0 Å². The number of nitrogens with zero attached hydrogens (tertiary/aromatic N) is 1. The normalized spacial score (nSPS) is 10.3. The Morgan fingerprint density at radius 2 is 2.14 bits per heavy atom. The van der Waals surface area contributed by atoms with E-state index in [4.69, 9.17) is 0 Å². The largest absolute Gasteiger partial charge is 0.370 e. The zero-order chi connectivity index (χ0) is 15.4. The van der Waals surface area contributed by atoms with Gasteiger partial charge in [-0.25, -0.2) is 9.37 Å². The molecule has 0 saturated heterocycles. The van der Waals surface area contributed by atoms with Gasteiger partial charge >= 0.3 is 0 Å². The number of hydrogen-bond donors (Lipinski definition) is 2. The highest BCUT2D eigenvalue weighted by atomic mass is 79.9. The van der Waals surface area contributed by atoms with Gasteiger partial charge in [-0.1, -0.05) is 15.9 Å². The summed E-state index contributed by atoms with van der Waals surface area (Å²) < 4.78 is 14.3. The summed E-state index contributed by atoms with van der Waals surface area (Å²) >= 11 is 3.37. The second-order valence-electron chi connectivity index (χ2n) is 4.49. The number of carbonyl (C=O) groups excluding carboxylic acids is 1. The Hall–Kier alpha value is -1.95. The van der Waals surface area contributed by atoms with Gasteiger partial charge in [0.2, 0.25) is 0 Å². The molecule has 4 nitrogen and oxygen atoms in total. The van der Waals surface area contributed by atoms with Crippen LogP contribution in [0.4, 0.5) is 15.9 Å². The van der Waals surface area contributed by atoms with Gasteiger partial charge in [-0.05, 0) is 43.7 Å². The van der Waals surface area contributed by atoms with E-state index < -0.39 is 11.7 Å². The second kappa shape index (κ2) is 6.67. The van der Waals surface area contributed by atoms with Crippen LogP contribution in [0, 0.1) is 12.7 Å². The third kappa shape index (κ3) is 3.78. The van der Waals surface area contributed by atoms with Crippen molar-refractivity contribution in [1.29, 1.82) is 0 Å². The number of carbonyl (C=O) groups is 1. The summed E-state index contributed by atoms with van der Waals surface area (Å²) in [4.78, 5) is 16.2. The van der Waals surface area contributed by atoms with Gasteiger partial charge in [0, 0.05) is 16.7 Å². The SMILES string of the molecule is CCNc1ncc(F)cc1C(=O)Nc1ccc(Br)cc1C. The Morgan fingerprint density at radius 3 is 2.81 bits per heavy atom. The first-order valence-corrected chi connectivity index (χ1v) is 7.27. The lowest BCUT2D eigenvalue weighted by molar-refractivity contribution is 0.102. The fourth-order valence-electron chi connectivity index (χ4n) is 1.88.